The van der Waals surface area contributed by atoms with E-state index in [9.17, 15) is 32.4 Å². The van der Waals surface area contributed by atoms with E-state index in [0.29, 0.717) is 25.8 Å². The van der Waals surface area contributed by atoms with E-state index in [4.69, 9.17) is 6.42 Å². The fourth-order valence-electron chi connectivity index (χ4n) is 7.20. The first-order valence-electron chi connectivity index (χ1n) is 17.0. The van der Waals surface area contributed by atoms with Crippen LogP contribution in [0.15, 0.2) is 12.7 Å². The number of urea groups is 1. The Hall–Kier alpha value is -3.40. The molecule has 3 fully saturated rings. The molecule has 0 aromatic carbocycles. The number of likely N-dealkylation sites (tertiary alicyclic amines) is 1. The highest BCUT2D eigenvalue weighted by molar-refractivity contribution is 7.92. The summed E-state index contributed by atoms with van der Waals surface area (Å²) >= 11 is 0. The summed E-state index contributed by atoms with van der Waals surface area (Å²) in [5.41, 5.74) is -1.75. The molecule has 1 heterocycles. The summed E-state index contributed by atoms with van der Waals surface area (Å²) < 4.78 is 25.6. The van der Waals surface area contributed by atoms with Crippen LogP contribution in [0.3, 0.4) is 0 Å². The molecule has 5 amide bonds. The Morgan fingerprint density at radius 2 is 1.65 bits per heavy atom. The molecule has 12 nitrogen and oxygen atoms in total. The van der Waals surface area contributed by atoms with Crippen molar-refractivity contribution in [3.63, 3.8) is 0 Å². The molecule has 0 bridgehead atoms. The van der Waals surface area contributed by atoms with Gasteiger partial charge in [0.05, 0.1) is 16.0 Å². The van der Waals surface area contributed by atoms with Crippen LogP contribution in [0.25, 0.3) is 0 Å². The largest absolute Gasteiger partial charge is 0.346 e. The molecule has 1 aliphatic heterocycles. The van der Waals surface area contributed by atoms with Gasteiger partial charge in [0.25, 0.3) is 5.91 Å². The van der Waals surface area contributed by atoms with Gasteiger partial charge >= 0.3 is 6.03 Å². The van der Waals surface area contributed by atoms with E-state index in [0.717, 1.165) is 32.1 Å². The van der Waals surface area contributed by atoms with Crippen LogP contribution in [0.2, 0.25) is 0 Å². The molecular weight excluding hydrogens is 634 g/mol. The number of amides is 5. The maximum atomic E-state index is 14.4. The third kappa shape index (κ3) is 9.18. The van der Waals surface area contributed by atoms with Crippen LogP contribution in [0.1, 0.15) is 99.3 Å². The van der Waals surface area contributed by atoms with Crippen molar-refractivity contribution in [3.8, 4) is 12.3 Å². The Balaban J connectivity index is 1.86. The molecule has 3 aliphatic rings. The Bertz CT molecular complexity index is 1400. The number of nitrogens with one attached hydrogen (secondary N) is 4. The predicted octanol–water partition coefficient (Wildman–Crippen LogP) is 2.62. The molecule has 268 valence electrons. The van der Waals surface area contributed by atoms with Gasteiger partial charge in [-0.1, -0.05) is 52.5 Å². The van der Waals surface area contributed by atoms with Crippen LogP contribution in [0.4, 0.5) is 4.79 Å². The molecule has 0 spiro atoms. The molecule has 13 heteroatoms. The average Bonchev–Trinajstić information content (AvgIpc) is 3.58. The van der Waals surface area contributed by atoms with Crippen LogP contribution in [0.5, 0.6) is 0 Å². The summed E-state index contributed by atoms with van der Waals surface area (Å²) in [6.07, 6.45) is 12.6. The van der Waals surface area contributed by atoms with E-state index < -0.39 is 73.2 Å². The van der Waals surface area contributed by atoms with Crippen molar-refractivity contribution >= 4 is 39.4 Å². The summed E-state index contributed by atoms with van der Waals surface area (Å²) in [7, 11) is -3.57. The fourth-order valence-corrected chi connectivity index (χ4v) is 8.72. The van der Waals surface area contributed by atoms with E-state index in [2.05, 4.69) is 33.8 Å². The molecule has 2 saturated carbocycles. The first kappa shape index (κ1) is 39.0. The third-order valence-corrected chi connectivity index (χ3v) is 12.8. The number of fused-ring (bicyclic) bond motifs is 1. The summed E-state index contributed by atoms with van der Waals surface area (Å²) in [5.74, 6) is -0.771. The highest BCUT2D eigenvalue weighted by Gasteiger charge is 2.52. The normalized spacial score (nSPS) is 23.5. The van der Waals surface area contributed by atoms with E-state index in [1.54, 1.807) is 20.8 Å². The first-order valence-corrected chi connectivity index (χ1v) is 18.7. The molecule has 2 aliphatic carbocycles. The predicted molar refractivity (Wildman–Crippen MR) is 184 cm³/mol. The zero-order valence-corrected chi connectivity index (χ0v) is 30.3. The monoisotopic (exact) mass is 689 g/mol. The van der Waals surface area contributed by atoms with Gasteiger partial charge < -0.3 is 26.2 Å². The second-order valence-electron chi connectivity index (χ2n) is 15.7. The first-order chi connectivity index (χ1) is 22.3. The van der Waals surface area contributed by atoms with Gasteiger partial charge in [0, 0.05) is 19.5 Å². The lowest BCUT2D eigenvalue weighted by atomic mass is 9.83. The highest BCUT2D eigenvalue weighted by Crippen LogP contribution is 2.43. The number of ketones is 1. The van der Waals surface area contributed by atoms with Crippen molar-refractivity contribution in [1.29, 1.82) is 0 Å². The second-order valence-corrected chi connectivity index (χ2v) is 18.5. The Labute approximate surface area is 286 Å². The lowest BCUT2D eigenvalue weighted by molar-refractivity contribution is -0.144. The van der Waals surface area contributed by atoms with Gasteiger partial charge in [-0.3, -0.25) is 19.2 Å². The summed E-state index contributed by atoms with van der Waals surface area (Å²) in [6, 6.07) is -3.90. The minimum absolute atomic E-state index is 0.0601. The average molecular weight is 690 g/mol. The van der Waals surface area contributed by atoms with Crippen molar-refractivity contribution in [2.45, 2.75) is 128 Å². The van der Waals surface area contributed by atoms with Gasteiger partial charge in [0.2, 0.25) is 17.6 Å². The maximum Gasteiger partial charge on any atom is 0.315 e. The number of hydrogen-bond acceptors (Lipinski definition) is 7. The standard InChI is InChI=1S/C35H55N5O7S/c1-9-15-25(27(41)30(43)36-20-10-2)37-29(42)26-24-17-14-16-23(24)21-40(26)31(44)28(33(3,4)5)38-32(45)39-35(18-12-11-13-19-35)22-48(46,47)34(6,7)8/h1,10,23-26,28H,2,11-22H2,3-8H3,(H,36,43)(H,37,42)(H2,38,39,45)/t23-,24-,25?,26-,28+/m0/s1. The molecule has 48 heavy (non-hydrogen) atoms. The summed E-state index contributed by atoms with van der Waals surface area (Å²) in [4.78, 5) is 68.8. The number of hydrogen-bond donors (Lipinski definition) is 4. The fraction of sp³-hybridized carbons (Fsp3) is 0.743. The van der Waals surface area contributed by atoms with Crippen LogP contribution in [0, 0.1) is 29.6 Å². The molecule has 4 N–H and O–H groups in total. The maximum absolute atomic E-state index is 14.4. The minimum Gasteiger partial charge on any atom is -0.346 e. The van der Waals surface area contributed by atoms with E-state index >= 15 is 0 Å². The van der Waals surface area contributed by atoms with Crippen molar-refractivity contribution in [3.05, 3.63) is 12.7 Å². The molecule has 3 rings (SSSR count). The SMILES string of the molecule is C#CCC(NC(=O)[C@@H]1[C@H]2CCC[C@H]2CN1C(=O)[C@@H](NC(=O)NC1(CS(=O)(=O)C(C)(C)C)CCCCC1)C(C)(C)C)C(=O)C(=O)NCC=C. The Morgan fingerprint density at radius 1 is 1.00 bits per heavy atom. The van der Waals surface area contributed by atoms with Gasteiger partial charge in [-0.15, -0.1) is 18.9 Å². The van der Waals surface area contributed by atoms with Crippen LogP contribution in [-0.2, 0) is 29.0 Å². The summed E-state index contributed by atoms with van der Waals surface area (Å²) in [5, 5.41) is 10.9. The molecular formula is C35H55N5O7S. The van der Waals surface area contributed by atoms with Crippen molar-refractivity contribution in [2.75, 3.05) is 18.8 Å². The number of carbonyl (C=O) groups excluding carboxylic acids is 5. The van der Waals surface area contributed by atoms with Gasteiger partial charge in [-0.2, -0.15) is 0 Å². The number of terminal acetylenes is 1. The van der Waals surface area contributed by atoms with Gasteiger partial charge in [0.1, 0.15) is 18.1 Å². The second kappa shape index (κ2) is 15.4. The number of Topliss-reactive ketones (excluding diaryl/α,β-unsaturated/α-hetero) is 1. The smallest absolute Gasteiger partial charge is 0.315 e. The molecule has 5 atom stereocenters. The zero-order chi connectivity index (χ0) is 36.1. The Kier molecular flexibility index (Phi) is 12.6. The van der Waals surface area contributed by atoms with Gasteiger partial charge in [-0.05, 0) is 63.7 Å². The topological polar surface area (TPSA) is 171 Å². The van der Waals surface area contributed by atoms with Crippen LogP contribution >= 0.6 is 0 Å². The molecule has 0 aromatic heterocycles. The quantitative estimate of drug-likeness (QED) is 0.139. The number of sulfone groups is 1. The van der Waals surface area contributed by atoms with Crippen LogP contribution < -0.4 is 21.3 Å². The van der Waals surface area contributed by atoms with Crippen molar-refractivity contribution in [1.82, 2.24) is 26.2 Å². The van der Waals surface area contributed by atoms with Crippen molar-refractivity contribution < 1.29 is 32.4 Å². The number of carbonyl (C=O) groups is 5. The van der Waals surface area contributed by atoms with E-state index in [1.807, 2.05) is 20.8 Å². The number of nitrogens with zero attached hydrogens (tertiary/aromatic N) is 1. The summed E-state index contributed by atoms with van der Waals surface area (Å²) in [6.45, 7) is 14.3. The minimum atomic E-state index is -3.57. The Morgan fingerprint density at radius 3 is 2.21 bits per heavy atom. The van der Waals surface area contributed by atoms with Crippen LogP contribution in [-0.4, -0.2) is 90.1 Å². The molecule has 1 saturated heterocycles. The zero-order valence-electron chi connectivity index (χ0n) is 29.4. The molecule has 0 radical (unpaired) electrons. The lowest BCUT2D eigenvalue weighted by Crippen LogP contribution is -2.64. The van der Waals surface area contributed by atoms with Gasteiger partial charge in [0.15, 0.2) is 9.84 Å². The molecule has 0 aromatic rings. The number of rotatable bonds is 12. The van der Waals surface area contributed by atoms with E-state index in [1.165, 1.54) is 11.0 Å². The molecule has 1 unspecified atom stereocenters. The van der Waals surface area contributed by atoms with E-state index in [-0.39, 0.29) is 30.6 Å². The third-order valence-electron chi connectivity index (χ3n) is 10.0. The van der Waals surface area contributed by atoms with Gasteiger partial charge in [-0.25, -0.2) is 13.2 Å². The van der Waals surface area contributed by atoms with Crippen molar-refractivity contribution in [2.24, 2.45) is 17.3 Å². The highest BCUT2D eigenvalue weighted by atomic mass is 32.2. The lowest BCUT2D eigenvalue weighted by Gasteiger charge is -2.41.